The molecule has 0 bridgehead atoms. The van der Waals surface area contributed by atoms with E-state index < -0.39 is 0 Å². The number of fused-ring (bicyclic) bond motifs is 1. The zero-order valence-corrected chi connectivity index (χ0v) is 12.9. The van der Waals surface area contributed by atoms with E-state index in [0.717, 1.165) is 19.0 Å². The van der Waals surface area contributed by atoms with Gasteiger partial charge in [-0.15, -0.1) is 0 Å². The van der Waals surface area contributed by atoms with Gasteiger partial charge in [0.15, 0.2) is 0 Å². The average molecular weight is 260 g/mol. The van der Waals surface area contributed by atoms with Gasteiger partial charge >= 0.3 is 0 Å². The molecular formula is C17H28N2. The van der Waals surface area contributed by atoms with Gasteiger partial charge in [0.1, 0.15) is 0 Å². The molecule has 2 heteroatoms. The van der Waals surface area contributed by atoms with Gasteiger partial charge in [-0.1, -0.05) is 39.0 Å². The molecule has 0 radical (unpaired) electrons. The number of hydrogen-bond acceptors (Lipinski definition) is 2. The molecule has 0 aliphatic carbocycles. The molecule has 1 aromatic carbocycles. The van der Waals surface area contributed by atoms with Crippen molar-refractivity contribution in [2.24, 2.45) is 11.3 Å². The van der Waals surface area contributed by atoms with Gasteiger partial charge in [-0.2, -0.15) is 0 Å². The molecule has 1 aliphatic heterocycles. The second kappa shape index (κ2) is 5.96. The number of para-hydroxylation sites is 1. The maximum Gasteiger partial charge on any atom is 0.0399 e. The SMILES string of the molecule is CCC(C)(CNC)CN1CC(C)Cc2ccccc21. The average Bonchev–Trinajstić information content (AvgIpc) is 2.39. The van der Waals surface area contributed by atoms with E-state index in [2.05, 4.69) is 62.3 Å². The van der Waals surface area contributed by atoms with E-state index in [9.17, 15) is 0 Å². The molecule has 1 N–H and O–H groups in total. The quantitative estimate of drug-likeness (QED) is 0.873. The van der Waals surface area contributed by atoms with Gasteiger partial charge in [0.25, 0.3) is 0 Å². The van der Waals surface area contributed by atoms with E-state index in [1.807, 2.05) is 0 Å². The predicted molar refractivity (Wildman–Crippen MR) is 83.8 cm³/mol. The second-order valence-corrected chi connectivity index (χ2v) is 6.51. The van der Waals surface area contributed by atoms with Crippen molar-refractivity contribution in [3.05, 3.63) is 29.8 Å². The highest BCUT2D eigenvalue weighted by Crippen LogP contribution is 2.33. The van der Waals surface area contributed by atoms with Crippen LogP contribution in [0.5, 0.6) is 0 Å². The Morgan fingerprint density at radius 3 is 2.79 bits per heavy atom. The van der Waals surface area contributed by atoms with E-state index in [-0.39, 0.29) is 0 Å². The van der Waals surface area contributed by atoms with E-state index in [1.165, 1.54) is 30.6 Å². The van der Waals surface area contributed by atoms with Crippen LogP contribution in [-0.4, -0.2) is 26.7 Å². The fraction of sp³-hybridized carbons (Fsp3) is 0.647. The summed E-state index contributed by atoms with van der Waals surface area (Å²) in [6.07, 6.45) is 2.43. The van der Waals surface area contributed by atoms with Crippen molar-refractivity contribution in [2.75, 3.05) is 31.6 Å². The van der Waals surface area contributed by atoms with Crippen molar-refractivity contribution in [3.8, 4) is 0 Å². The van der Waals surface area contributed by atoms with Gasteiger partial charge in [-0.05, 0) is 42.9 Å². The van der Waals surface area contributed by atoms with Gasteiger partial charge in [0.2, 0.25) is 0 Å². The number of nitrogens with one attached hydrogen (secondary N) is 1. The minimum atomic E-state index is 0.346. The van der Waals surface area contributed by atoms with Gasteiger partial charge < -0.3 is 10.2 Å². The summed E-state index contributed by atoms with van der Waals surface area (Å²) in [6.45, 7) is 10.5. The monoisotopic (exact) mass is 260 g/mol. The highest BCUT2D eigenvalue weighted by molar-refractivity contribution is 5.55. The molecule has 2 rings (SSSR count). The Morgan fingerprint density at radius 1 is 1.37 bits per heavy atom. The van der Waals surface area contributed by atoms with Crippen molar-refractivity contribution in [2.45, 2.75) is 33.6 Å². The standard InChI is InChI=1S/C17H28N2/c1-5-17(3,12-18-4)13-19-11-14(2)10-15-8-6-7-9-16(15)19/h6-9,14,18H,5,10-13H2,1-4H3. The van der Waals surface area contributed by atoms with E-state index >= 15 is 0 Å². The summed E-state index contributed by atoms with van der Waals surface area (Å²) >= 11 is 0. The largest absolute Gasteiger partial charge is 0.370 e. The molecule has 0 aromatic heterocycles. The number of anilines is 1. The van der Waals surface area contributed by atoms with Crippen LogP contribution in [0.1, 0.15) is 32.8 Å². The zero-order valence-electron chi connectivity index (χ0n) is 12.9. The van der Waals surface area contributed by atoms with Crippen LogP contribution in [0.25, 0.3) is 0 Å². The summed E-state index contributed by atoms with van der Waals surface area (Å²) in [4.78, 5) is 2.60. The summed E-state index contributed by atoms with van der Waals surface area (Å²) in [7, 11) is 2.06. The predicted octanol–water partition coefficient (Wildman–Crippen LogP) is 3.32. The highest BCUT2D eigenvalue weighted by Gasteiger charge is 2.29. The lowest BCUT2D eigenvalue weighted by molar-refractivity contribution is 0.296. The van der Waals surface area contributed by atoms with Crippen LogP contribution >= 0.6 is 0 Å². The molecule has 1 heterocycles. The lowest BCUT2D eigenvalue weighted by Gasteiger charge is -2.41. The van der Waals surface area contributed by atoms with Crippen molar-refractivity contribution in [3.63, 3.8) is 0 Å². The smallest absolute Gasteiger partial charge is 0.0399 e. The van der Waals surface area contributed by atoms with Crippen LogP contribution in [0.3, 0.4) is 0 Å². The second-order valence-electron chi connectivity index (χ2n) is 6.51. The van der Waals surface area contributed by atoms with Gasteiger partial charge in [0, 0.05) is 25.3 Å². The van der Waals surface area contributed by atoms with Crippen LogP contribution in [0, 0.1) is 11.3 Å². The summed E-state index contributed by atoms with van der Waals surface area (Å²) in [6, 6.07) is 8.92. The minimum Gasteiger partial charge on any atom is -0.370 e. The maximum atomic E-state index is 3.36. The molecule has 0 amide bonds. The summed E-state index contributed by atoms with van der Waals surface area (Å²) < 4.78 is 0. The third kappa shape index (κ3) is 3.30. The lowest BCUT2D eigenvalue weighted by Crippen LogP contribution is -2.45. The van der Waals surface area contributed by atoms with E-state index in [0.29, 0.717) is 5.41 Å². The first-order valence-corrected chi connectivity index (χ1v) is 7.55. The normalized spacial score (nSPS) is 21.9. The van der Waals surface area contributed by atoms with Crippen LogP contribution in [0.2, 0.25) is 0 Å². The highest BCUT2D eigenvalue weighted by atomic mass is 15.2. The minimum absolute atomic E-state index is 0.346. The maximum absolute atomic E-state index is 3.36. The Morgan fingerprint density at radius 2 is 2.11 bits per heavy atom. The molecule has 19 heavy (non-hydrogen) atoms. The van der Waals surface area contributed by atoms with Gasteiger partial charge in [-0.25, -0.2) is 0 Å². The van der Waals surface area contributed by atoms with Crippen molar-refractivity contribution < 1.29 is 0 Å². The number of nitrogens with zero attached hydrogens (tertiary/aromatic N) is 1. The Labute approximate surface area is 118 Å². The third-order valence-electron chi connectivity index (χ3n) is 4.46. The first-order chi connectivity index (χ1) is 9.08. The zero-order chi connectivity index (χ0) is 13.9. The molecule has 1 aliphatic rings. The Kier molecular flexibility index (Phi) is 4.51. The number of rotatable bonds is 5. The Bertz CT molecular complexity index is 415. The van der Waals surface area contributed by atoms with Crippen LogP contribution in [0.15, 0.2) is 24.3 Å². The number of hydrogen-bond donors (Lipinski definition) is 1. The van der Waals surface area contributed by atoms with Crippen LogP contribution < -0.4 is 10.2 Å². The van der Waals surface area contributed by atoms with Crippen LogP contribution in [-0.2, 0) is 6.42 Å². The topological polar surface area (TPSA) is 15.3 Å². The third-order valence-corrected chi connectivity index (χ3v) is 4.46. The fourth-order valence-electron chi connectivity index (χ4n) is 3.24. The molecule has 2 atom stereocenters. The van der Waals surface area contributed by atoms with Gasteiger partial charge in [-0.3, -0.25) is 0 Å². The Balaban J connectivity index is 2.20. The lowest BCUT2D eigenvalue weighted by atomic mass is 9.84. The first kappa shape index (κ1) is 14.4. The van der Waals surface area contributed by atoms with Crippen molar-refractivity contribution >= 4 is 5.69 Å². The molecule has 0 saturated carbocycles. The molecule has 0 fully saturated rings. The molecule has 2 unspecified atom stereocenters. The fourth-order valence-corrected chi connectivity index (χ4v) is 3.24. The summed E-state index contributed by atoms with van der Waals surface area (Å²) in [5.41, 5.74) is 3.32. The van der Waals surface area contributed by atoms with Crippen molar-refractivity contribution in [1.29, 1.82) is 0 Å². The molecular weight excluding hydrogens is 232 g/mol. The first-order valence-electron chi connectivity index (χ1n) is 7.55. The molecule has 106 valence electrons. The Hall–Kier alpha value is -1.02. The molecule has 1 aromatic rings. The molecule has 0 saturated heterocycles. The molecule has 0 spiro atoms. The molecule has 2 nitrogen and oxygen atoms in total. The van der Waals surface area contributed by atoms with Crippen molar-refractivity contribution in [1.82, 2.24) is 5.32 Å². The van der Waals surface area contributed by atoms with E-state index in [4.69, 9.17) is 0 Å². The summed E-state index contributed by atoms with van der Waals surface area (Å²) in [5, 5.41) is 3.36. The number of benzene rings is 1. The van der Waals surface area contributed by atoms with Gasteiger partial charge in [0.05, 0.1) is 0 Å². The van der Waals surface area contributed by atoms with E-state index in [1.54, 1.807) is 0 Å². The summed E-state index contributed by atoms with van der Waals surface area (Å²) in [5.74, 6) is 0.755. The van der Waals surface area contributed by atoms with Crippen LogP contribution in [0.4, 0.5) is 5.69 Å².